The van der Waals surface area contributed by atoms with E-state index in [1.54, 1.807) is 18.2 Å². The van der Waals surface area contributed by atoms with E-state index in [2.05, 4.69) is 10.3 Å². The van der Waals surface area contributed by atoms with Crippen molar-refractivity contribution in [2.24, 2.45) is 0 Å². The molecular formula is C14H13ClN2O. The van der Waals surface area contributed by atoms with Crippen molar-refractivity contribution in [3.8, 4) is 0 Å². The van der Waals surface area contributed by atoms with E-state index in [4.69, 9.17) is 11.6 Å². The quantitative estimate of drug-likeness (QED) is 0.857. The van der Waals surface area contributed by atoms with Crippen LogP contribution in [0.5, 0.6) is 0 Å². The number of rotatable bonds is 4. The molecule has 2 aromatic rings. The van der Waals surface area contributed by atoms with Gasteiger partial charge in [-0.05, 0) is 24.1 Å². The number of hydrogen-bond donors (Lipinski definition) is 1. The van der Waals surface area contributed by atoms with Crippen molar-refractivity contribution in [3.05, 3.63) is 59.2 Å². The van der Waals surface area contributed by atoms with Crippen molar-refractivity contribution in [2.75, 3.05) is 5.32 Å². The van der Waals surface area contributed by atoms with Crippen LogP contribution in [0.3, 0.4) is 0 Å². The highest BCUT2D eigenvalue weighted by atomic mass is 35.5. The fraction of sp³-hybridized carbons (Fsp3) is 0.143. The molecule has 0 fully saturated rings. The normalized spacial score (nSPS) is 10.1. The highest BCUT2D eigenvalue weighted by Gasteiger charge is 2.04. The Kier molecular flexibility index (Phi) is 4.31. The zero-order chi connectivity index (χ0) is 12.8. The third-order valence-electron chi connectivity index (χ3n) is 2.47. The number of aryl methyl sites for hydroxylation is 1. The van der Waals surface area contributed by atoms with Gasteiger partial charge in [-0.1, -0.05) is 48.0 Å². The number of carbonyl (C=O) groups is 1. The van der Waals surface area contributed by atoms with Crippen LogP contribution in [-0.4, -0.2) is 10.9 Å². The number of pyridine rings is 1. The number of anilines is 1. The predicted molar refractivity (Wildman–Crippen MR) is 72.6 cm³/mol. The van der Waals surface area contributed by atoms with E-state index in [0.717, 1.165) is 5.56 Å². The van der Waals surface area contributed by atoms with Crippen molar-refractivity contribution in [2.45, 2.75) is 12.8 Å². The second kappa shape index (κ2) is 6.17. The largest absolute Gasteiger partial charge is 0.311 e. The molecule has 0 bridgehead atoms. The van der Waals surface area contributed by atoms with Crippen molar-refractivity contribution in [1.82, 2.24) is 4.98 Å². The first-order chi connectivity index (χ1) is 8.74. The third-order valence-corrected chi connectivity index (χ3v) is 2.68. The predicted octanol–water partition coefficient (Wildman–Crippen LogP) is 3.31. The maximum absolute atomic E-state index is 11.7. The molecule has 0 aliphatic heterocycles. The summed E-state index contributed by atoms with van der Waals surface area (Å²) >= 11 is 5.74. The van der Waals surface area contributed by atoms with Crippen molar-refractivity contribution in [3.63, 3.8) is 0 Å². The Bertz CT molecular complexity index is 528. The van der Waals surface area contributed by atoms with Crippen LogP contribution in [0.25, 0.3) is 0 Å². The molecule has 0 radical (unpaired) electrons. The Morgan fingerprint density at radius 3 is 2.61 bits per heavy atom. The molecule has 1 amide bonds. The molecule has 0 saturated heterocycles. The summed E-state index contributed by atoms with van der Waals surface area (Å²) in [7, 11) is 0. The number of aromatic nitrogens is 1. The Hall–Kier alpha value is -1.87. The molecule has 0 aliphatic carbocycles. The van der Waals surface area contributed by atoms with Crippen molar-refractivity contribution >= 4 is 23.3 Å². The number of nitrogens with one attached hydrogen (secondary N) is 1. The molecule has 1 aromatic carbocycles. The van der Waals surface area contributed by atoms with E-state index in [9.17, 15) is 4.79 Å². The lowest BCUT2D eigenvalue weighted by Crippen LogP contribution is -2.13. The summed E-state index contributed by atoms with van der Waals surface area (Å²) in [4.78, 5) is 15.7. The Balaban J connectivity index is 1.86. The minimum absolute atomic E-state index is 0.0615. The summed E-state index contributed by atoms with van der Waals surface area (Å²) in [5.41, 5.74) is 1.15. The van der Waals surface area contributed by atoms with Crippen LogP contribution in [0.2, 0.25) is 5.15 Å². The lowest BCUT2D eigenvalue weighted by molar-refractivity contribution is -0.116. The molecule has 1 N–H and O–H groups in total. The van der Waals surface area contributed by atoms with E-state index in [0.29, 0.717) is 23.8 Å². The maximum Gasteiger partial charge on any atom is 0.225 e. The molecule has 0 unspecified atom stereocenters. The second-order valence-corrected chi connectivity index (χ2v) is 4.27. The first-order valence-corrected chi connectivity index (χ1v) is 6.08. The van der Waals surface area contributed by atoms with E-state index >= 15 is 0 Å². The van der Waals surface area contributed by atoms with Gasteiger partial charge in [0.25, 0.3) is 0 Å². The fourth-order valence-corrected chi connectivity index (χ4v) is 1.75. The topological polar surface area (TPSA) is 42.0 Å². The summed E-state index contributed by atoms with van der Waals surface area (Å²) in [6.07, 6.45) is 1.14. The van der Waals surface area contributed by atoms with Gasteiger partial charge in [0.15, 0.2) is 0 Å². The Labute approximate surface area is 111 Å². The summed E-state index contributed by atoms with van der Waals surface area (Å²) in [5, 5.41) is 3.09. The SMILES string of the molecule is O=C(CCc1ccccc1)Nc1cccc(Cl)n1. The molecule has 1 aromatic heterocycles. The van der Waals surface area contributed by atoms with Crippen LogP contribution in [0.1, 0.15) is 12.0 Å². The summed E-state index contributed by atoms with van der Waals surface area (Å²) in [6.45, 7) is 0. The van der Waals surface area contributed by atoms with Gasteiger partial charge in [0.1, 0.15) is 11.0 Å². The standard InChI is InChI=1S/C14H13ClN2O/c15-12-7-4-8-13(16-12)17-14(18)10-9-11-5-2-1-3-6-11/h1-8H,9-10H2,(H,16,17,18). The van der Waals surface area contributed by atoms with E-state index in [1.165, 1.54) is 0 Å². The number of benzene rings is 1. The van der Waals surface area contributed by atoms with Crippen LogP contribution in [-0.2, 0) is 11.2 Å². The molecule has 3 nitrogen and oxygen atoms in total. The molecule has 0 aliphatic rings. The van der Waals surface area contributed by atoms with Crippen molar-refractivity contribution in [1.29, 1.82) is 0 Å². The molecule has 4 heteroatoms. The van der Waals surface area contributed by atoms with Crippen LogP contribution in [0.4, 0.5) is 5.82 Å². The van der Waals surface area contributed by atoms with E-state index in [1.807, 2.05) is 30.3 Å². The Morgan fingerprint density at radius 1 is 1.11 bits per heavy atom. The average molecular weight is 261 g/mol. The lowest BCUT2D eigenvalue weighted by Gasteiger charge is -2.04. The molecule has 2 rings (SSSR count). The van der Waals surface area contributed by atoms with Crippen LogP contribution in [0.15, 0.2) is 48.5 Å². The van der Waals surface area contributed by atoms with E-state index < -0.39 is 0 Å². The smallest absolute Gasteiger partial charge is 0.225 e. The van der Waals surface area contributed by atoms with Gasteiger partial charge in [-0.25, -0.2) is 4.98 Å². The highest BCUT2D eigenvalue weighted by Crippen LogP contribution is 2.10. The minimum Gasteiger partial charge on any atom is -0.311 e. The molecule has 0 saturated carbocycles. The van der Waals surface area contributed by atoms with Crippen LogP contribution < -0.4 is 5.32 Å². The third kappa shape index (κ3) is 3.86. The molecular weight excluding hydrogens is 248 g/mol. The number of amides is 1. The maximum atomic E-state index is 11.7. The number of carbonyl (C=O) groups excluding carboxylic acids is 1. The van der Waals surface area contributed by atoms with Crippen LogP contribution >= 0.6 is 11.6 Å². The van der Waals surface area contributed by atoms with Gasteiger partial charge in [0, 0.05) is 6.42 Å². The molecule has 1 heterocycles. The van der Waals surface area contributed by atoms with Gasteiger partial charge in [-0.15, -0.1) is 0 Å². The summed E-state index contributed by atoms with van der Waals surface area (Å²) < 4.78 is 0. The Morgan fingerprint density at radius 2 is 1.89 bits per heavy atom. The van der Waals surface area contributed by atoms with Crippen molar-refractivity contribution < 1.29 is 4.79 Å². The van der Waals surface area contributed by atoms with Gasteiger partial charge < -0.3 is 5.32 Å². The highest BCUT2D eigenvalue weighted by molar-refractivity contribution is 6.29. The molecule has 92 valence electrons. The first-order valence-electron chi connectivity index (χ1n) is 5.70. The fourth-order valence-electron chi connectivity index (χ4n) is 1.59. The van der Waals surface area contributed by atoms with Gasteiger partial charge in [0.2, 0.25) is 5.91 Å². The molecule has 18 heavy (non-hydrogen) atoms. The summed E-state index contributed by atoms with van der Waals surface area (Å²) in [5.74, 6) is 0.425. The van der Waals surface area contributed by atoms with Gasteiger partial charge >= 0.3 is 0 Å². The second-order valence-electron chi connectivity index (χ2n) is 3.88. The molecule has 0 atom stereocenters. The summed E-state index contributed by atoms with van der Waals surface area (Å²) in [6, 6.07) is 15.0. The molecule has 0 spiro atoms. The number of nitrogens with zero attached hydrogens (tertiary/aromatic N) is 1. The van der Waals surface area contributed by atoms with E-state index in [-0.39, 0.29) is 5.91 Å². The number of halogens is 1. The zero-order valence-corrected chi connectivity index (χ0v) is 10.5. The average Bonchev–Trinajstić information content (AvgIpc) is 2.38. The van der Waals surface area contributed by atoms with Gasteiger partial charge in [-0.2, -0.15) is 0 Å². The number of hydrogen-bond acceptors (Lipinski definition) is 2. The monoisotopic (exact) mass is 260 g/mol. The lowest BCUT2D eigenvalue weighted by atomic mass is 10.1. The first kappa shape index (κ1) is 12.6. The van der Waals surface area contributed by atoms with Crippen LogP contribution in [0, 0.1) is 0 Å². The van der Waals surface area contributed by atoms with Gasteiger partial charge in [-0.3, -0.25) is 4.79 Å². The zero-order valence-electron chi connectivity index (χ0n) is 9.77. The minimum atomic E-state index is -0.0615. The van der Waals surface area contributed by atoms with Gasteiger partial charge in [0.05, 0.1) is 0 Å².